The van der Waals surface area contributed by atoms with Crippen LogP contribution in [0.5, 0.6) is 0 Å². The molecule has 0 aliphatic carbocycles. The second-order valence-corrected chi connectivity index (χ2v) is 9.75. The smallest absolute Gasteiger partial charge is 0.322 e. The number of nitrogens with one attached hydrogen (secondary N) is 1. The maximum atomic E-state index is 13.4. The van der Waals surface area contributed by atoms with Crippen LogP contribution in [-0.2, 0) is 11.3 Å². The van der Waals surface area contributed by atoms with Crippen LogP contribution in [-0.4, -0.2) is 31.4 Å². The van der Waals surface area contributed by atoms with Crippen LogP contribution >= 0.6 is 23.1 Å². The van der Waals surface area contributed by atoms with Crippen molar-refractivity contribution in [3.05, 3.63) is 51.2 Å². The number of hydrogen-bond acceptors (Lipinski definition) is 8. The highest BCUT2D eigenvalue weighted by Crippen LogP contribution is 2.36. The van der Waals surface area contributed by atoms with Gasteiger partial charge in [-0.1, -0.05) is 42.8 Å². The van der Waals surface area contributed by atoms with E-state index in [1.165, 1.54) is 23.5 Å². The van der Waals surface area contributed by atoms with Crippen LogP contribution in [0, 0.1) is 12.7 Å². The number of halogens is 1. The minimum atomic E-state index is -0.342. The summed E-state index contributed by atoms with van der Waals surface area (Å²) in [5, 5.41) is 11.2. The van der Waals surface area contributed by atoms with Crippen molar-refractivity contribution in [2.45, 2.75) is 45.3 Å². The summed E-state index contributed by atoms with van der Waals surface area (Å²) in [5.74, 6) is -0.160. The van der Waals surface area contributed by atoms with Gasteiger partial charge in [0.1, 0.15) is 10.6 Å². The fraction of sp³-hybridized carbons (Fsp3) is 0.318. The molecule has 0 atom stereocenters. The molecule has 1 N–H and O–H groups in total. The lowest BCUT2D eigenvalue weighted by Crippen LogP contribution is -2.23. The van der Waals surface area contributed by atoms with Gasteiger partial charge in [-0.25, -0.2) is 9.37 Å². The number of aryl methyl sites for hydroxylation is 1. The number of carbonyl (C=O) groups excluding carboxylic acids is 1. The molecule has 4 aromatic rings. The minimum Gasteiger partial charge on any atom is -0.408 e. The molecule has 3 aromatic heterocycles. The summed E-state index contributed by atoms with van der Waals surface area (Å²) < 4.78 is 20.3. The van der Waals surface area contributed by atoms with Crippen molar-refractivity contribution >= 4 is 45.2 Å². The second kappa shape index (κ2) is 9.44. The summed E-state index contributed by atoms with van der Waals surface area (Å²) in [6, 6.07) is 6.11. The van der Waals surface area contributed by atoms with Crippen LogP contribution in [0.1, 0.15) is 37.5 Å². The van der Waals surface area contributed by atoms with Gasteiger partial charge in [-0.3, -0.25) is 19.5 Å². The van der Waals surface area contributed by atoms with E-state index in [1.54, 1.807) is 16.7 Å². The number of aromatic nitrogens is 4. The third-order valence-electron chi connectivity index (χ3n) is 4.92. The fourth-order valence-corrected chi connectivity index (χ4v) is 5.28. The average Bonchev–Trinajstić information content (AvgIpc) is 3.37. The van der Waals surface area contributed by atoms with E-state index in [9.17, 15) is 14.0 Å². The lowest BCUT2D eigenvalue weighted by molar-refractivity contribution is -0.113. The molecule has 8 nitrogen and oxygen atoms in total. The maximum Gasteiger partial charge on any atom is 0.322 e. The van der Waals surface area contributed by atoms with E-state index >= 15 is 0 Å². The number of anilines is 1. The third kappa shape index (κ3) is 4.69. The number of thiophene rings is 1. The van der Waals surface area contributed by atoms with Crippen molar-refractivity contribution in [3.8, 4) is 11.1 Å². The standard InChI is InChI=1S/C22H22FN5O3S2/c1-5-28-20(30)17-16(13-6-8-14(23)9-7-13)12(4)33-19(17)25-22(28)32-10-15(29)24-21-27-26-18(31-21)11(2)3/h6-9,11H,5,10H2,1-4H3,(H,24,27,29). The van der Waals surface area contributed by atoms with Gasteiger partial charge in [0, 0.05) is 22.9 Å². The molecule has 33 heavy (non-hydrogen) atoms. The molecule has 0 radical (unpaired) electrons. The summed E-state index contributed by atoms with van der Waals surface area (Å²) >= 11 is 2.56. The maximum absolute atomic E-state index is 13.4. The minimum absolute atomic E-state index is 0.0204. The van der Waals surface area contributed by atoms with Gasteiger partial charge in [0.05, 0.1) is 11.1 Å². The third-order valence-corrected chi connectivity index (χ3v) is 6.89. The van der Waals surface area contributed by atoms with E-state index in [2.05, 4.69) is 20.5 Å². The van der Waals surface area contributed by atoms with E-state index < -0.39 is 0 Å². The van der Waals surface area contributed by atoms with Crippen molar-refractivity contribution in [2.75, 3.05) is 11.1 Å². The zero-order valence-corrected chi connectivity index (χ0v) is 20.1. The normalized spacial score (nSPS) is 11.5. The van der Waals surface area contributed by atoms with Crippen LogP contribution in [0.3, 0.4) is 0 Å². The zero-order valence-electron chi connectivity index (χ0n) is 18.5. The van der Waals surface area contributed by atoms with Crippen molar-refractivity contribution in [3.63, 3.8) is 0 Å². The second-order valence-electron chi connectivity index (χ2n) is 7.60. The predicted octanol–water partition coefficient (Wildman–Crippen LogP) is 4.83. The number of fused-ring (bicyclic) bond motifs is 1. The van der Waals surface area contributed by atoms with Crippen LogP contribution in [0.4, 0.5) is 10.4 Å². The highest BCUT2D eigenvalue weighted by molar-refractivity contribution is 7.99. The Hall–Kier alpha value is -3.05. The molecule has 1 amide bonds. The topological polar surface area (TPSA) is 103 Å². The average molecular weight is 488 g/mol. The Balaban J connectivity index is 1.61. The molecule has 172 valence electrons. The first-order valence-electron chi connectivity index (χ1n) is 10.3. The van der Waals surface area contributed by atoms with Crippen LogP contribution in [0.15, 0.2) is 38.6 Å². The Morgan fingerprint density at radius 2 is 2.00 bits per heavy atom. The molecule has 0 bridgehead atoms. The van der Waals surface area contributed by atoms with Crippen LogP contribution < -0.4 is 10.9 Å². The summed E-state index contributed by atoms with van der Waals surface area (Å²) in [5.41, 5.74) is 1.34. The summed E-state index contributed by atoms with van der Waals surface area (Å²) in [7, 11) is 0. The Labute approximate surface area is 197 Å². The van der Waals surface area contributed by atoms with Crippen molar-refractivity contribution in [2.24, 2.45) is 0 Å². The lowest BCUT2D eigenvalue weighted by Gasteiger charge is -2.10. The predicted molar refractivity (Wildman–Crippen MR) is 127 cm³/mol. The molecule has 0 aliphatic rings. The van der Waals surface area contributed by atoms with Gasteiger partial charge in [-0.05, 0) is 31.5 Å². The fourth-order valence-electron chi connectivity index (χ4n) is 3.33. The van der Waals surface area contributed by atoms with Crippen molar-refractivity contribution in [1.29, 1.82) is 0 Å². The Morgan fingerprint density at radius 1 is 1.27 bits per heavy atom. The van der Waals surface area contributed by atoms with Crippen molar-refractivity contribution in [1.82, 2.24) is 19.7 Å². The summed E-state index contributed by atoms with van der Waals surface area (Å²) in [4.78, 5) is 31.9. The number of amides is 1. The molecule has 0 aliphatic heterocycles. The van der Waals surface area contributed by atoms with Crippen LogP contribution in [0.25, 0.3) is 21.3 Å². The molecule has 0 saturated carbocycles. The molecule has 0 unspecified atom stereocenters. The molecule has 4 rings (SSSR count). The number of hydrogen-bond donors (Lipinski definition) is 1. The van der Waals surface area contributed by atoms with Crippen LogP contribution in [0.2, 0.25) is 0 Å². The molecule has 11 heteroatoms. The number of rotatable bonds is 7. The molecule has 0 spiro atoms. The van der Waals surface area contributed by atoms with Gasteiger partial charge in [0.2, 0.25) is 11.8 Å². The molecule has 0 fully saturated rings. The molecular formula is C22H22FN5O3S2. The highest BCUT2D eigenvalue weighted by atomic mass is 32.2. The number of nitrogens with zero attached hydrogens (tertiary/aromatic N) is 4. The van der Waals surface area contributed by atoms with E-state index in [1.807, 2.05) is 27.7 Å². The first-order chi connectivity index (χ1) is 15.8. The Morgan fingerprint density at radius 3 is 2.64 bits per heavy atom. The van der Waals surface area contributed by atoms with Gasteiger partial charge in [-0.2, -0.15) is 0 Å². The van der Waals surface area contributed by atoms with E-state index in [0.29, 0.717) is 27.8 Å². The van der Waals surface area contributed by atoms with E-state index in [4.69, 9.17) is 4.42 Å². The summed E-state index contributed by atoms with van der Waals surface area (Å²) in [6.07, 6.45) is 0. The van der Waals surface area contributed by atoms with Crippen molar-refractivity contribution < 1.29 is 13.6 Å². The SMILES string of the molecule is CCn1c(SCC(=O)Nc2nnc(C(C)C)o2)nc2sc(C)c(-c3ccc(F)cc3)c2c1=O. The summed E-state index contributed by atoms with van der Waals surface area (Å²) in [6.45, 7) is 7.98. The van der Waals surface area contributed by atoms with Gasteiger partial charge in [0.25, 0.3) is 5.56 Å². The van der Waals surface area contributed by atoms with Gasteiger partial charge >= 0.3 is 6.01 Å². The zero-order chi connectivity index (χ0) is 23.7. The van der Waals surface area contributed by atoms with E-state index in [0.717, 1.165) is 27.8 Å². The van der Waals surface area contributed by atoms with Gasteiger partial charge in [0.15, 0.2) is 5.16 Å². The molecule has 0 saturated heterocycles. The highest BCUT2D eigenvalue weighted by Gasteiger charge is 2.20. The van der Waals surface area contributed by atoms with E-state index in [-0.39, 0.29) is 35.0 Å². The first kappa shape index (κ1) is 23.1. The largest absolute Gasteiger partial charge is 0.408 e. The quantitative estimate of drug-likeness (QED) is 0.294. The number of thioether (sulfide) groups is 1. The van der Waals surface area contributed by atoms with Gasteiger partial charge < -0.3 is 4.42 Å². The van der Waals surface area contributed by atoms with Gasteiger partial charge in [-0.15, -0.1) is 16.4 Å². The first-order valence-corrected chi connectivity index (χ1v) is 12.1. The Bertz CT molecular complexity index is 1380. The number of carbonyl (C=O) groups is 1. The molecular weight excluding hydrogens is 465 g/mol. The monoisotopic (exact) mass is 487 g/mol. The molecule has 1 aromatic carbocycles. The molecule has 3 heterocycles. The lowest BCUT2D eigenvalue weighted by atomic mass is 10.0. The number of benzene rings is 1. The Kier molecular flexibility index (Phi) is 6.61.